The lowest BCUT2D eigenvalue weighted by Gasteiger charge is -2.31. The van der Waals surface area contributed by atoms with Crippen LogP contribution in [0.15, 0.2) is 22.9 Å². The van der Waals surface area contributed by atoms with Gasteiger partial charge in [-0.05, 0) is 38.3 Å². The van der Waals surface area contributed by atoms with Gasteiger partial charge in [-0.2, -0.15) is 0 Å². The molecule has 1 saturated heterocycles. The van der Waals surface area contributed by atoms with E-state index in [2.05, 4.69) is 10.1 Å². The first-order chi connectivity index (χ1) is 12.9. The van der Waals surface area contributed by atoms with Crippen molar-refractivity contribution in [1.29, 1.82) is 0 Å². The highest BCUT2D eigenvalue weighted by atomic mass is 16.5. The zero-order valence-corrected chi connectivity index (χ0v) is 16.4. The standard InChI is InChI=1S/C20H26N4O3/c1-5-16-18(13(2)27-22-16)20(26)24-10-8-14(9-11-24)17-7-6-15(12-21-17)19(25)23(3)4/h6-7,12,14H,5,8-11H2,1-4H3. The van der Waals surface area contributed by atoms with Crippen LogP contribution in [0.4, 0.5) is 0 Å². The predicted octanol–water partition coefficient (Wildman–Crippen LogP) is 2.66. The average molecular weight is 370 g/mol. The third-order valence-corrected chi connectivity index (χ3v) is 5.12. The van der Waals surface area contributed by atoms with Crippen LogP contribution in [-0.4, -0.2) is 58.9 Å². The molecule has 7 nitrogen and oxygen atoms in total. The highest BCUT2D eigenvalue weighted by Gasteiger charge is 2.29. The summed E-state index contributed by atoms with van der Waals surface area (Å²) in [6.07, 6.45) is 4.02. The number of aromatic nitrogens is 2. The van der Waals surface area contributed by atoms with Crippen molar-refractivity contribution in [3.8, 4) is 0 Å². The number of likely N-dealkylation sites (tertiary alicyclic amines) is 1. The summed E-state index contributed by atoms with van der Waals surface area (Å²) in [5, 5.41) is 3.98. The van der Waals surface area contributed by atoms with E-state index in [1.54, 1.807) is 27.2 Å². The Morgan fingerprint density at radius 1 is 1.26 bits per heavy atom. The maximum absolute atomic E-state index is 12.9. The fraction of sp³-hybridized carbons (Fsp3) is 0.500. The number of nitrogens with zero attached hydrogens (tertiary/aromatic N) is 4. The molecule has 0 aromatic carbocycles. The van der Waals surface area contributed by atoms with E-state index in [1.807, 2.05) is 24.0 Å². The predicted molar refractivity (Wildman–Crippen MR) is 101 cm³/mol. The van der Waals surface area contributed by atoms with Crippen LogP contribution in [0, 0.1) is 6.92 Å². The van der Waals surface area contributed by atoms with E-state index in [0.717, 1.165) is 24.2 Å². The molecule has 1 aliphatic rings. The molecule has 0 N–H and O–H groups in total. The molecule has 0 bridgehead atoms. The van der Waals surface area contributed by atoms with Crippen molar-refractivity contribution in [2.24, 2.45) is 0 Å². The molecule has 3 rings (SSSR count). The summed E-state index contributed by atoms with van der Waals surface area (Å²) in [7, 11) is 3.45. The minimum Gasteiger partial charge on any atom is -0.361 e. The van der Waals surface area contributed by atoms with Gasteiger partial charge in [-0.15, -0.1) is 0 Å². The molecule has 0 unspecified atom stereocenters. The van der Waals surface area contributed by atoms with Crippen molar-refractivity contribution in [2.45, 2.75) is 39.0 Å². The second-order valence-electron chi connectivity index (χ2n) is 7.15. The Labute approximate surface area is 159 Å². The molecule has 2 amide bonds. The minimum absolute atomic E-state index is 0.00365. The van der Waals surface area contributed by atoms with E-state index < -0.39 is 0 Å². The molecule has 2 aromatic heterocycles. The first-order valence-corrected chi connectivity index (χ1v) is 9.34. The number of carbonyl (C=O) groups is 2. The Hall–Kier alpha value is -2.70. The molecule has 0 saturated carbocycles. The third kappa shape index (κ3) is 3.86. The van der Waals surface area contributed by atoms with E-state index in [-0.39, 0.29) is 11.8 Å². The largest absolute Gasteiger partial charge is 0.361 e. The van der Waals surface area contributed by atoms with Gasteiger partial charge in [-0.1, -0.05) is 12.1 Å². The number of rotatable bonds is 4. The molecule has 27 heavy (non-hydrogen) atoms. The monoisotopic (exact) mass is 370 g/mol. The fourth-order valence-corrected chi connectivity index (χ4v) is 3.50. The summed E-state index contributed by atoms with van der Waals surface area (Å²) < 4.78 is 5.20. The zero-order chi connectivity index (χ0) is 19.6. The molecule has 144 valence electrons. The number of pyridine rings is 1. The minimum atomic E-state index is -0.0507. The first kappa shape index (κ1) is 19.1. The van der Waals surface area contributed by atoms with Gasteiger partial charge in [-0.25, -0.2) is 0 Å². The van der Waals surface area contributed by atoms with E-state index in [0.29, 0.717) is 42.3 Å². The quantitative estimate of drug-likeness (QED) is 0.827. The lowest BCUT2D eigenvalue weighted by molar-refractivity contribution is 0.0708. The topological polar surface area (TPSA) is 79.5 Å². The normalized spacial score (nSPS) is 15.0. The SMILES string of the molecule is CCc1noc(C)c1C(=O)N1CCC(c2ccc(C(=O)N(C)C)cn2)CC1. The molecule has 0 aliphatic carbocycles. The summed E-state index contributed by atoms with van der Waals surface area (Å²) in [4.78, 5) is 32.7. The van der Waals surface area contributed by atoms with Crippen LogP contribution in [0.5, 0.6) is 0 Å². The molecular formula is C20H26N4O3. The Bertz CT molecular complexity index is 818. The number of piperidine rings is 1. The molecule has 2 aromatic rings. The third-order valence-electron chi connectivity index (χ3n) is 5.12. The summed E-state index contributed by atoms with van der Waals surface area (Å²) in [6.45, 7) is 5.11. The van der Waals surface area contributed by atoms with Crippen molar-refractivity contribution in [1.82, 2.24) is 19.9 Å². The Morgan fingerprint density at radius 2 is 1.96 bits per heavy atom. The molecular weight excluding hydrogens is 344 g/mol. The maximum atomic E-state index is 12.9. The van der Waals surface area contributed by atoms with E-state index in [9.17, 15) is 9.59 Å². The van der Waals surface area contributed by atoms with Gasteiger partial charge < -0.3 is 14.3 Å². The van der Waals surface area contributed by atoms with E-state index in [1.165, 1.54) is 4.90 Å². The molecule has 0 atom stereocenters. The van der Waals surface area contributed by atoms with Gasteiger partial charge in [-0.3, -0.25) is 14.6 Å². The summed E-state index contributed by atoms with van der Waals surface area (Å²) in [5.74, 6) is 0.836. The number of carbonyl (C=O) groups excluding carboxylic acids is 2. The van der Waals surface area contributed by atoms with Crippen LogP contribution in [-0.2, 0) is 6.42 Å². The maximum Gasteiger partial charge on any atom is 0.259 e. The molecule has 1 fully saturated rings. The van der Waals surface area contributed by atoms with Crippen LogP contribution in [0.25, 0.3) is 0 Å². The van der Waals surface area contributed by atoms with Crippen LogP contribution >= 0.6 is 0 Å². The van der Waals surface area contributed by atoms with E-state index >= 15 is 0 Å². The molecule has 0 radical (unpaired) electrons. The van der Waals surface area contributed by atoms with Gasteiger partial charge >= 0.3 is 0 Å². The zero-order valence-electron chi connectivity index (χ0n) is 16.4. The molecule has 7 heteroatoms. The number of hydrogen-bond donors (Lipinski definition) is 0. The van der Waals surface area contributed by atoms with Crippen molar-refractivity contribution in [3.63, 3.8) is 0 Å². The second-order valence-corrected chi connectivity index (χ2v) is 7.15. The lowest BCUT2D eigenvalue weighted by atomic mass is 9.92. The van der Waals surface area contributed by atoms with Crippen molar-refractivity contribution < 1.29 is 14.1 Å². The lowest BCUT2D eigenvalue weighted by Crippen LogP contribution is -2.38. The van der Waals surface area contributed by atoms with Crippen LogP contribution in [0.1, 0.15) is 63.5 Å². The number of hydrogen-bond acceptors (Lipinski definition) is 5. The molecule has 3 heterocycles. The summed E-state index contributed by atoms with van der Waals surface area (Å²) in [6, 6.07) is 3.76. The fourth-order valence-electron chi connectivity index (χ4n) is 3.50. The molecule has 1 aliphatic heterocycles. The Kier molecular flexibility index (Phi) is 5.58. The summed E-state index contributed by atoms with van der Waals surface area (Å²) in [5.41, 5.74) is 2.90. The van der Waals surface area contributed by atoms with Gasteiger partial charge in [0.15, 0.2) is 0 Å². The second kappa shape index (κ2) is 7.90. The van der Waals surface area contributed by atoms with Gasteiger partial charge in [0.2, 0.25) is 0 Å². The van der Waals surface area contributed by atoms with Gasteiger partial charge in [0.05, 0.1) is 11.3 Å². The van der Waals surface area contributed by atoms with Crippen LogP contribution < -0.4 is 0 Å². The molecule has 0 spiro atoms. The summed E-state index contributed by atoms with van der Waals surface area (Å²) >= 11 is 0. The Morgan fingerprint density at radius 3 is 2.52 bits per heavy atom. The van der Waals surface area contributed by atoms with Crippen LogP contribution in [0.2, 0.25) is 0 Å². The Balaban J connectivity index is 1.64. The average Bonchev–Trinajstić information content (AvgIpc) is 3.07. The van der Waals surface area contributed by atoms with E-state index in [4.69, 9.17) is 4.52 Å². The highest BCUT2D eigenvalue weighted by molar-refractivity contribution is 5.96. The first-order valence-electron chi connectivity index (χ1n) is 9.34. The number of amides is 2. The van der Waals surface area contributed by atoms with Crippen molar-refractivity contribution in [3.05, 3.63) is 46.6 Å². The number of aryl methyl sites for hydroxylation is 2. The van der Waals surface area contributed by atoms with Crippen molar-refractivity contribution >= 4 is 11.8 Å². The van der Waals surface area contributed by atoms with Gasteiger partial charge in [0.1, 0.15) is 11.3 Å². The van der Waals surface area contributed by atoms with Crippen LogP contribution in [0.3, 0.4) is 0 Å². The highest BCUT2D eigenvalue weighted by Crippen LogP contribution is 2.28. The van der Waals surface area contributed by atoms with Gasteiger partial charge in [0, 0.05) is 45.0 Å². The van der Waals surface area contributed by atoms with Crippen molar-refractivity contribution in [2.75, 3.05) is 27.2 Å². The van der Waals surface area contributed by atoms with Gasteiger partial charge in [0.25, 0.3) is 11.8 Å². The smallest absolute Gasteiger partial charge is 0.259 e.